The fourth-order valence-electron chi connectivity index (χ4n) is 5.69. The number of pyridine rings is 2. The summed E-state index contributed by atoms with van der Waals surface area (Å²) >= 11 is 0. The molecule has 2 unspecified atom stereocenters. The first kappa shape index (κ1) is 20.8. The second kappa shape index (κ2) is 6.88. The highest BCUT2D eigenvalue weighted by atomic mass is 16.5. The topological polar surface area (TPSA) is 71.7 Å². The summed E-state index contributed by atoms with van der Waals surface area (Å²) in [6.07, 6.45) is -0.0838. The monoisotopic (exact) mass is 458 g/mol. The second-order valence-electron chi connectivity index (χ2n) is 9.71. The average molecular weight is 459 g/mol. The molecule has 0 bridgehead atoms. The second-order valence-corrected chi connectivity index (χ2v) is 9.71. The van der Waals surface area contributed by atoms with Crippen LogP contribution in [0.5, 0.6) is 17.2 Å². The smallest absolute Gasteiger partial charge is 0.261 e. The van der Waals surface area contributed by atoms with Crippen molar-refractivity contribution in [3.8, 4) is 17.2 Å². The van der Waals surface area contributed by atoms with Crippen LogP contribution in [0.25, 0.3) is 21.8 Å². The fraction of sp³-hybridized carbons (Fsp3) is 0.333. The molecule has 0 aliphatic carbocycles. The van der Waals surface area contributed by atoms with Crippen LogP contribution in [0, 0.1) is 5.92 Å². The zero-order valence-corrected chi connectivity index (χ0v) is 19.8. The predicted molar refractivity (Wildman–Crippen MR) is 130 cm³/mol. The SMILES string of the molecule is COc1cccc2c3c(c(=O)n(C)c12)C1Oc2c(c(=O)n(C)c4ccccc24)CC1C(C)(C)O3. The van der Waals surface area contributed by atoms with E-state index in [9.17, 15) is 9.59 Å². The summed E-state index contributed by atoms with van der Waals surface area (Å²) in [5, 5.41) is 1.66. The number of aromatic nitrogens is 2. The summed E-state index contributed by atoms with van der Waals surface area (Å²) in [5.74, 6) is 1.49. The lowest BCUT2D eigenvalue weighted by Gasteiger charge is -2.47. The average Bonchev–Trinajstić information content (AvgIpc) is 2.84. The summed E-state index contributed by atoms with van der Waals surface area (Å²) in [6, 6.07) is 13.4. The van der Waals surface area contributed by atoms with Crippen molar-refractivity contribution in [1.82, 2.24) is 9.13 Å². The van der Waals surface area contributed by atoms with Crippen LogP contribution in [-0.2, 0) is 20.5 Å². The van der Waals surface area contributed by atoms with Crippen LogP contribution in [-0.4, -0.2) is 21.8 Å². The molecule has 34 heavy (non-hydrogen) atoms. The van der Waals surface area contributed by atoms with E-state index in [1.54, 1.807) is 30.3 Å². The van der Waals surface area contributed by atoms with E-state index in [-0.39, 0.29) is 17.0 Å². The van der Waals surface area contributed by atoms with E-state index < -0.39 is 11.7 Å². The first-order chi connectivity index (χ1) is 16.2. The third-order valence-corrected chi connectivity index (χ3v) is 7.50. The van der Waals surface area contributed by atoms with Gasteiger partial charge in [0.05, 0.1) is 23.7 Å². The third-order valence-electron chi connectivity index (χ3n) is 7.50. The number of methoxy groups -OCH3 is 1. The van der Waals surface area contributed by atoms with Crippen molar-refractivity contribution in [2.75, 3.05) is 7.11 Å². The minimum Gasteiger partial charge on any atom is -0.495 e. The van der Waals surface area contributed by atoms with Gasteiger partial charge in [-0.05, 0) is 44.5 Å². The number of benzene rings is 2. The van der Waals surface area contributed by atoms with Crippen LogP contribution in [0.1, 0.15) is 31.1 Å². The van der Waals surface area contributed by atoms with Gasteiger partial charge in [0, 0.05) is 30.8 Å². The van der Waals surface area contributed by atoms with Crippen LogP contribution in [0.3, 0.4) is 0 Å². The molecule has 2 aromatic heterocycles. The molecule has 2 aliphatic heterocycles. The molecule has 0 spiro atoms. The van der Waals surface area contributed by atoms with Gasteiger partial charge in [-0.25, -0.2) is 0 Å². The van der Waals surface area contributed by atoms with E-state index >= 15 is 0 Å². The fourth-order valence-corrected chi connectivity index (χ4v) is 5.69. The Morgan fingerprint density at radius 1 is 0.941 bits per heavy atom. The van der Waals surface area contributed by atoms with E-state index in [1.807, 2.05) is 56.3 Å². The van der Waals surface area contributed by atoms with Gasteiger partial charge in [0.15, 0.2) is 0 Å². The third kappa shape index (κ3) is 2.58. The van der Waals surface area contributed by atoms with Crippen molar-refractivity contribution in [3.63, 3.8) is 0 Å². The summed E-state index contributed by atoms with van der Waals surface area (Å²) in [5.41, 5.74) is 1.66. The number of fused-ring (bicyclic) bond motifs is 8. The normalized spacial score (nSPS) is 20.1. The molecule has 6 rings (SSSR count). The van der Waals surface area contributed by atoms with Crippen LogP contribution < -0.4 is 25.3 Å². The Hall–Kier alpha value is -3.74. The standard InChI is InChI=1S/C27H26N2O5/c1-27(2)17-13-16-22(14-9-6-7-11-18(14)28(3)25(16)30)33-24(17)20-23(34-27)15-10-8-12-19(32-5)21(15)29(4)26(20)31/h6-12,17,24H,13H2,1-5H3. The summed E-state index contributed by atoms with van der Waals surface area (Å²) in [7, 11) is 5.11. The highest BCUT2D eigenvalue weighted by Gasteiger charge is 2.50. The molecule has 2 atom stereocenters. The minimum atomic E-state index is -0.672. The zero-order valence-electron chi connectivity index (χ0n) is 19.8. The molecule has 174 valence electrons. The molecule has 2 aliphatic rings. The van der Waals surface area contributed by atoms with Crippen molar-refractivity contribution < 1.29 is 14.2 Å². The Kier molecular flexibility index (Phi) is 4.22. The van der Waals surface area contributed by atoms with Gasteiger partial charge in [-0.3, -0.25) is 9.59 Å². The lowest BCUT2D eigenvalue weighted by Crippen LogP contribution is -2.52. The zero-order chi connectivity index (χ0) is 23.9. The Balaban J connectivity index is 1.68. The maximum Gasteiger partial charge on any atom is 0.261 e. The van der Waals surface area contributed by atoms with Crippen molar-refractivity contribution in [3.05, 3.63) is 74.3 Å². The van der Waals surface area contributed by atoms with Crippen molar-refractivity contribution >= 4 is 21.8 Å². The van der Waals surface area contributed by atoms with Gasteiger partial charge < -0.3 is 23.3 Å². The Morgan fingerprint density at radius 2 is 1.68 bits per heavy atom. The Labute approximate surface area is 196 Å². The molecule has 7 heteroatoms. The lowest BCUT2D eigenvalue weighted by molar-refractivity contribution is -0.0518. The molecule has 4 heterocycles. The van der Waals surface area contributed by atoms with E-state index in [0.717, 1.165) is 16.3 Å². The summed E-state index contributed by atoms with van der Waals surface area (Å²) in [6.45, 7) is 3.99. The Morgan fingerprint density at radius 3 is 2.44 bits per heavy atom. The summed E-state index contributed by atoms with van der Waals surface area (Å²) in [4.78, 5) is 27.0. The van der Waals surface area contributed by atoms with E-state index in [0.29, 0.717) is 40.3 Å². The van der Waals surface area contributed by atoms with Crippen molar-refractivity contribution in [2.24, 2.45) is 20.0 Å². The molecule has 7 nitrogen and oxygen atoms in total. The van der Waals surface area contributed by atoms with Gasteiger partial charge in [-0.1, -0.05) is 18.2 Å². The van der Waals surface area contributed by atoms with Gasteiger partial charge in [-0.15, -0.1) is 0 Å². The lowest BCUT2D eigenvalue weighted by atomic mass is 9.75. The van der Waals surface area contributed by atoms with Gasteiger partial charge in [0.1, 0.15) is 34.5 Å². The largest absolute Gasteiger partial charge is 0.495 e. The molecular formula is C27H26N2O5. The number of hydrogen-bond acceptors (Lipinski definition) is 5. The molecular weight excluding hydrogens is 432 g/mol. The quantitative estimate of drug-likeness (QED) is 0.433. The van der Waals surface area contributed by atoms with E-state index in [4.69, 9.17) is 14.2 Å². The number of rotatable bonds is 1. The first-order valence-electron chi connectivity index (χ1n) is 11.4. The number of aryl methyl sites for hydroxylation is 2. The van der Waals surface area contributed by atoms with Gasteiger partial charge in [0.25, 0.3) is 11.1 Å². The highest BCUT2D eigenvalue weighted by Crippen LogP contribution is 2.52. The first-order valence-corrected chi connectivity index (χ1v) is 11.4. The molecule has 0 N–H and O–H groups in total. The van der Waals surface area contributed by atoms with Crippen molar-refractivity contribution in [2.45, 2.75) is 32.0 Å². The van der Waals surface area contributed by atoms with Crippen molar-refractivity contribution in [1.29, 1.82) is 0 Å². The molecule has 0 saturated heterocycles. The van der Waals surface area contributed by atoms with Gasteiger partial charge >= 0.3 is 0 Å². The molecule has 2 aromatic carbocycles. The number of para-hydroxylation sites is 2. The maximum atomic E-state index is 13.7. The minimum absolute atomic E-state index is 0.0788. The van der Waals surface area contributed by atoms with Crippen LogP contribution in [0.2, 0.25) is 0 Å². The molecule has 0 amide bonds. The molecule has 0 radical (unpaired) electrons. The number of hydrogen-bond donors (Lipinski definition) is 0. The van der Waals surface area contributed by atoms with E-state index in [2.05, 4.69) is 0 Å². The van der Waals surface area contributed by atoms with Crippen LogP contribution >= 0.6 is 0 Å². The highest BCUT2D eigenvalue weighted by molar-refractivity contribution is 5.92. The van der Waals surface area contributed by atoms with Gasteiger partial charge in [-0.2, -0.15) is 0 Å². The van der Waals surface area contributed by atoms with E-state index in [1.165, 1.54) is 0 Å². The predicted octanol–water partition coefficient (Wildman–Crippen LogP) is 3.86. The molecule has 0 saturated carbocycles. The maximum absolute atomic E-state index is 13.7. The van der Waals surface area contributed by atoms with Crippen LogP contribution in [0.4, 0.5) is 0 Å². The Bertz CT molecular complexity index is 1630. The van der Waals surface area contributed by atoms with Gasteiger partial charge in [0.2, 0.25) is 0 Å². The van der Waals surface area contributed by atoms with Crippen LogP contribution in [0.15, 0.2) is 52.1 Å². The number of ether oxygens (including phenoxy) is 3. The number of nitrogens with zero attached hydrogens (tertiary/aromatic N) is 2. The molecule has 4 aromatic rings. The summed E-state index contributed by atoms with van der Waals surface area (Å²) < 4.78 is 22.0. The molecule has 0 fully saturated rings.